The van der Waals surface area contributed by atoms with Gasteiger partial charge in [0.15, 0.2) is 0 Å². The predicted molar refractivity (Wildman–Crippen MR) is 448 cm³/mol. The highest BCUT2D eigenvalue weighted by Gasteiger charge is 2.50. The molecule has 0 bridgehead atoms. The average Bonchev–Trinajstić information content (AvgIpc) is 0.686. The molecule has 0 N–H and O–H groups in total. The van der Waals surface area contributed by atoms with Crippen molar-refractivity contribution < 1.29 is 18.9 Å². The lowest BCUT2D eigenvalue weighted by atomic mass is 9.29. The normalized spacial score (nSPS) is 13.1. The Morgan fingerprint density at radius 1 is 0.213 bits per heavy atom. The summed E-state index contributed by atoms with van der Waals surface area (Å²) in [5, 5.41) is 0. The van der Waals surface area contributed by atoms with Gasteiger partial charge in [0.1, 0.15) is 46.0 Å². The third kappa shape index (κ3) is 9.89. The first-order valence-electron chi connectivity index (χ1n) is 37.3. The van der Waals surface area contributed by atoms with E-state index in [-0.39, 0.29) is 20.1 Å². The monoisotopic (exact) mass is 1390 g/mol. The highest BCUT2D eigenvalue weighted by atomic mass is 16.5. The Labute approximate surface area is 630 Å². The van der Waals surface area contributed by atoms with Crippen LogP contribution >= 0.6 is 0 Å². The summed E-state index contributed by atoms with van der Waals surface area (Å²) in [5.41, 5.74) is 32.1. The summed E-state index contributed by atoms with van der Waals surface area (Å²) in [6, 6.07) is 114. The molecular formula is C96H70B3N5O4. The van der Waals surface area contributed by atoms with Crippen LogP contribution in [0.3, 0.4) is 0 Å². The van der Waals surface area contributed by atoms with Gasteiger partial charge in [0.2, 0.25) is 0 Å². The highest BCUT2D eigenvalue weighted by molar-refractivity contribution is 7.03. The van der Waals surface area contributed by atoms with E-state index >= 15 is 0 Å². The molecule has 0 atom stereocenters. The van der Waals surface area contributed by atoms with E-state index in [2.05, 4.69) is 381 Å². The van der Waals surface area contributed by atoms with Crippen LogP contribution in [0.5, 0.6) is 46.0 Å². The predicted octanol–water partition coefficient (Wildman–Crippen LogP) is 19.5. The molecule has 6 heterocycles. The Hall–Kier alpha value is -13.3. The minimum Gasteiger partial charge on any atom is -0.458 e. The van der Waals surface area contributed by atoms with Crippen molar-refractivity contribution in [2.75, 3.05) is 24.5 Å². The van der Waals surface area contributed by atoms with Gasteiger partial charge in [-0.15, -0.1) is 0 Å². The fourth-order valence-corrected chi connectivity index (χ4v) is 18.6. The van der Waals surface area contributed by atoms with Crippen LogP contribution in [-0.4, -0.2) is 20.1 Å². The number of aryl methyl sites for hydroxylation is 6. The zero-order valence-electron chi connectivity index (χ0n) is 60.6. The number of para-hydroxylation sites is 8. The zero-order chi connectivity index (χ0) is 72.2. The van der Waals surface area contributed by atoms with E-state index in [0.717, 1.165) is 203 Å². The van der Waals surface area contributed by atoms with Crippen molar-refractivity contribution in [1.29, 1.82) is 0 Å². The zero-order valence-corrected chi connectivity index (χ0v) is 60.6. The summed E-state index contributed by atoms with van der Waals surface area (Å²) < 4.78 is 30.4. The van der Waals surface area contributed by atoms with Gasteiger partial charge in [0.25, 0.3) is 20.1 Å². The van der Waals surface area contributed by atoms with E-state index in [0.29, 0.717) is 0 Å². The Bertz CT molecular complexity index is 6040. The molecule has 9 nitrogen and oxygen atoms in total. The number of nitrogens with zero attached hydrogens (tertiary/aromatic N) is 5. The molecular weight excluding hydrogens is 1320 g/mol. The second-order valence-electron chi connectivity index (χ2n) is 29.5. The molecule has 0 amide bonds. The molecule has 0 unspecified atom stereocenters. The summed E-state index contributed by atoms with van der Waals surface area (Å²) >= 11 is 0. The molecule has 108 heavy (non-hydrogen) atoms. The molecule has 512 valence electrons. The second-order valence-corrected chi connectivity index (χ2v) is 29.5. The van der Waals surface area contributed by atoms with Gasteiger partial charge in [0.05, 0.1) is 28.4 Å². The number of hydrogen-bond donors (Lipinski definition) is 0. The Morgan fingerprint density at radius 3 is 0.815 bits per heavy atom. The van der Waals surface area contributed by atoms with Crippen LogP contribution in [0, 0.1) is 41.5 Å². The third-order valence-electron chi connectivity index (χ3n) is 22.6. The molecule has 12 heteroatoms. The molecule has 0 saturated heterocycles. The first kappa shape index (κ1) is 63.2. The standard InChI is InChI=1S/C96H70B3N5O4/c1-59-45-61(3)95(62(4)46-59)103-80-57-87-79(55-76(80)97-74-41-25-27-43-84(74)105-88-51-71(49-82(103)92(88)97)100(65-29-13-7-14-30-65)66-31-15-8-16-32-66)99-77-56-78-86(108-91-54-73(53-90-94(91)98(78)75-42-26-28-44-85(75)106-90)102(69-37-21-11-22-38-69)70-39-23-12-24-40-70)58-81(77)104(96-63(5)47-60(2)48-64(96)6)83-50-72(52-89(107-87)93(83)99)101(67-33-17-9-18-34-67)68-35-19-10-20-36-68/h7-58H,1-6H3. The van der Waals surface area contributed by atoms with Gasteiger partial charge in [0, 0.05) is 98.7 Å². The number of anilines is 15. The lowest BCUT2D eigenvalue weighted by Gasteiger charge is -2.45. The van der Waals surface area contributed by atoms with Crippen molar-refractivity contribution in [2.45, 2.75) is 41.5 Å². The van der Waals surface area contributed by atoms with Gasteiger partial charge >= 0.3 is 0 Å². The van der Waals surface area contributed by atoms with Crippen molar-refractivity contribution in [2.24, 2.45) is 0 Å². The van der Waals surface area contributed by atoms with E-state index in [1.165, 1.54) is 11.1 Å². The topological polar surface area (TPSA) is 53.1 Å². The SMILES string of the molecule is Cc1cc(C)c(N2c3cc4c(cc3B3c5cc6c(cc5Oc5cc(N(c7ccccc7)c7ccccc7)cc2c53)N(c2c(C)cc(C)cc2C)c2cc(N(c3ccccc3)c3ccccc3)cc3c2B6c2ccccc2O3)B2c3ccccc3Oc3cc(N(c5ccccc5)c5ccccc5)cc(c32)O4)c(C)c1. The third-order valence-corrected chi connectivity index (χ3v) is 22.6. The molecule has 6 aliphatic rings. The minimum atomic E-state index is -0.383. The molecule has 15 aromatic rings. The molecule has 0 aromatic heterocycles. The van der Waals surface area contributed by atoms with Gasteiger partial charge in [-0.25, -0.2) is 0 Å². The maximum atomic E-state index is 8.05. The first-order chi connectivity index (χ1) is 53.0. The van der Waals surface area contributed by atoms with Gasteiger partial charge in [-0.1, -0.05) is 193 Å². The summed E-state index contributed by atoms with van der Waals surface area (Å²) in [5.74, 6) is 6.26. The molecule has 0 spiro atoms. The number of ether oxygens (including phenoxy) is 4. The fraction of sp³-hybridized carbons (Fsp3) is 0.0625. The minimum absolute atomic E-state index is 0.264. The maximum absolute atomic E-state index is 8.05. The summed E-state index contributed by atoms with van der Waals surface area (Å²) in [4.78, 5) is 12.1. The van der Waals surface area contributed by atoms with Crippen LogP contribution in [-0.2, 0) is 0 Å². The molecule has 0 fully saturated rings. The first-order valence-corrected chi connectivity index (χ1v) is 37.3. The van der Waals surface area contributed by atoms with E-state index in [4.69, 9.17) is 18.9 Å². The smallest absolute Gasteiger partial charge is 0.260 e. The van der Waals surface area contributed by atoms with Gasteiger partial charge in [-0.05, 0) is 205 Å². The van der Waals surface area contributed by atoms with Crippen molar-refractivity contribution in [3.8, 4) is 46.0 Å². The quantitative estimate of drug-likeness (QED) is 0.118. The van der Waals surface area contributed by atoms with E-state index in [1.54, 1.807) is 0 Å². The van der Waals surface area contributed by atoms with Gasteiger partial charge in [-0.3, -0.25) is 0 Å². The lowest BCUT2D eigenvalue weighted by molar-refractivity contribution is 0.465. The summed E-state index contributed by atoms with van der Waals surface area (Å²) in [6.45, 7) is 12.5. The van der Waals surface area contributed by atoms with Crippen LogP contribution in [0.25, 0.3) is 0 Å². The van der Waals surface area contributed by atoms with E-state index < -0.39 is 0 Å². The van der Waals surface area contributed by atoms with Crippen LogP contribution < -0.4 is 92.6 Å². The number of rotatable bonds is 11. The lowest BCUT2D eigenvalue weighted by Crippen LogP contribution is -2.64. The highest BCUT2D eigenvalue weighted by Crippen LogP contribution is 2.53. The maximum Gasteiger partial charge on any atom is 0.260 e. The van der Waals surface area contributed by atoms with Crippen molar-refractivity contribution in [3.63, 3.8) is 0 Å². The van der Waals surface area contributed by atoms with Crippen LogP contribution in [0.4, 0.5) is 85.3 Å². The summed E-state index contributed by atoms with van der Waals surface area (Å²) in [6.07, 6.45) is 0. The van der Waals surface area contributed by atoms with Gasteiger partial charge < -0.3 is 43.4 Å². The van der Waals surface area contributed by atoms with Gasteiger partial charge in [-0.2, -0.15) is 0 Å². The van der Waals surface area contributed by atoms with Crippen LogP contribution in [0.1, 0.15) is 33.4 Å². The molecule has 0 radical (unpaired) electrons. The Kier molecular flexibility index (Phi) is 14.4. The Balaban J connectivity index is 0.854. The van der Waals surface area contributed by atoms with Crippen LogP contribution in [0.15, 0.2) is 315 Å². The molecule has 0 saturated carbocycles. The van der Waals surface area contributed by atoms with Crippen LogP contribution in [0.2, 0.25) is 0 Å². The molecule has 15 aromatic carbocycles. The largest absolute Gasteiger partial charge is 0.458 e. The van der Waals surface area contributed by atoms with E-state index in [9.17, 15) is 0 Å². The number of benzene rings is 15. The summed E-state index contributed by atoms with van der Waals surface area (Å²) in [7, 11) is 0. The average molecular weight is 1390 g/mol. The van der Waals surface area contributed by atoms with Crippen molar-refractivity contribution in [1.82, 2.24) is 0 Å². The molecule has 6 aliphatic heterocycles. The fourth-order valence-electron chi connectivity index (χ4n) is 18.6. The number of hydrogen-bond acceptors (Lipinski definition) is 9. The number of fused-ring (bicyclic) bond motifs is 12. The van der Waals surface area contributed by atoms with E-state index in [1.807, 2.05) is 0 Å². The van der Waals surface area contributed by atoms with Crippen molar-refractivity contribution >= 4 is 155 Å². The van der Waals surface area contributed by atoms with Crippen molar-refractivity contribution in [3.05, 3.63) is 349 Å². The second kappa shape index (κ2) is 24.7. The Morgan fingerprint density at radius 2 is 0.481 bits per heavy atom. The molecule has 21 rings (SSSR count). The molecule has 0 aliphatic carbocycles.